The van der Waals surface area contributed by atoms with Crippen molar-refractivity contribution in [3.63, 3.8) is 0 Å². The molecule has 4 heteroatoms. The van der Waals surface area contributed by atoms with Crippen LogP contribution in [-0.4, -0.2) is 25.2 Å². The third-order valence-electron chi connectivity index (χ3n) is 3.00. The van der Waals surface area contributed by atoms with Gasteiger partial charge in [-0.25, -0.2) is 4.98 Å². The van der Waals surface area contributed by atoms with E-state index in [2.05, 4.69) is 11.1 Å². The summed E-state index contributed by atoms with van der Waals surface area (Å²) in [5, 5.41) is 0. The largest absolute Gasteiger partial charge is 0.495 e. The average molecular weight is 236 g/mol. The standard InChI is InChI=1S/C13H20N2O2/c1-8(14)6-11-12(16-2)7-10(9-4-5-9)13(15-11)17-3/h7-9H,4-6,14H2,1-3H3. The Morgan fingerprint density at radius 2 is 2.12 bits per heavy atom. The van der Waals surface area contributed by atoms with Crippen molar-refractivity contribution in [1.82, 2.24) is 4.98 Å². The minimum absolute atomic E-state index is 0.0629. The summed E-state index contributed by atoms with van der Waals surface area (Å²) in [7, 11) is 3.33. The van der Waals surface area contributed by atoms with Crippen molar-refractivity contribution < 1.29 is 9.47 Å². The van der Waals surface area contributed by atoms with Gasteiger partial charge in [0.25, 0.3) is 0 Å². The third kappa shape index (κ3) is 2.69. The van der Waals surface area contributed by atoms with Gasteiger partial charge in [-0.2, -0.15) is 0 Å². The highest BCUT2D eigenvalue weighted by atomic mass is 16.5. The summed E-state index contributed by atoms with van der Waals surface area (Å²) in [6, 6.07) is 2.12. The fourth-order valence-electron chi connectivity index (χ4n) is 2.01. The highest BCUT2D eigenvalue weighted by molar-refractivity contribution is 5.42. The Hall–Kier alpha value is -1.29. The number of aromatic nitrogens is 1. The Morgan fingerprint density at radius 3 is 2.59 bits per heavy atom. The normalized spacial score (nSPS) is 16.7. The fourth-order valence-corrected chi connectivity index (χ4v) is 2.01. The van der Waals surface area contributed by atoms with Gasteiger partial charge in [0.05, 0.1) is 19.9 Å². The van der Waals surface area contributed by atoms with Crippen molar-refractivity contribution in [2.45, 2.75) is 38.1 Å². The number of pyridine rings is 1. The van der Waals surface area contributed by atoms with E-state index in [1.807, 2.05) is 6.92 Å². The summed E-state index contributed by atoms with van der Waals surface area (Å²) in [5.74, 6) is 2.14. The van der Waals surface area contributed by atoms with Gasteiger partial charge in [0.2, 0.25) is 5.88 Å². The van der Waals surface area contributed by atoms with E-state index in [1.54, 1.807) is 14.2 Å². The maximum atomic E-state index is 5.81. The van der Waals surface area contributed by atoms with Crippen LogP contribution >= 0.6 is 0 Å². The van der Waals surface area contributed by atoms with Crippen LogP contribution in [0.5, 0.6) is 11.6 Å². The summed E-state index contributed by atoms with van der Waals surface area (Å²) in [5.41, 5.74) is 7.86. The van der Waals surface area contributed by atoms with Crippen LogP contribution in [0.1, 0.15) is 36.9 Å². The molecule has 1 heterocycles. The number of methoxy groups -OCH3 is 2. The second-order valence-corrected chi connectivity index (χ2v) is 4.69. The monoisotopic (exact) mass is 236 g/mol. The van der Waals surface area contributed by atoms with Gasteiger partial charge in [0, 0.05) is 18.0 Å². The first-order valence-corrected chi connectivity index (χ1v) is 6.03. The van der Waals surface area contributed by atoms with E-state index < -0.39 is 0 Å². The Balaban J connectivity index is 2.37. The van der Waals surface area contributed by atoms with Crippen LogP contribution in [0.3, 0.4) is 0 Å². The molecule has 1 aliphatic rings. The molecule has 0 amide bonds. The quantitative estimate of drug-likeness (QED) is 0.848. The summed E-state index contributed by atoms with van der Waals surface area (Å²) < 4.78 is 10.8. The number of rotatable bonds is 5. The van der Waals surface area contributed by atoms with Gasteiger partial charge in [-0.05, 0) is 31.7 Å². The topological polar surface area (TPSA) is 57.4 Å². The van der Waals surface area contributed by atoms with Gasteiger partial charge in [-0.3, -0.25) is 0 Å². The van der Waals surface area contributed by atoms with Gasteiger partial charge >= 0.3 is 0 Å². The number of hydrogen-bond donors (Lipinski definition) is 1. The lowest BCUT2D eigenvalue weighted by Gasteiger charge is -2.14. The molecule has 17 heavy (non-hydrogen) atoms. The second kappa shape index (κ2) is 4.92. The van der Waals surface area contributed by atoms with E-state index in [-0.39, 0.29) is 6.04 Å². The van der Waals surface area contributed by atoms with Gasteiger partial charge < -0.3 is 15.2 Å². The zero-order valence-electron chi connectivity index (χ0n) is 10.7. The molecule has 1 fully saturated rings. The average Bonchev–Trinajstić information content (AvgIpc) is 3.11. The summed E-state index contributed by atoms with van der Waals surface area (Å²) in [6.45, 7) is 1.96. The maximum Gasteiger partial charge on any atom is 0.217 e. The molecule has 0 spiro atoms. The molecule has 0 bridgehead atoms. The predicted molar refractivity (Wildman–Crippen MR) is 66.7 cm³/mol. The third-order valence-corrected chi connectivity index (χ3v) is 3.00. The summed E-state index contributed by atoms with van der Waals surface area (Å²) in [6.07, 6.45) is 3.13. The molecule has 0 aliphatic heterocycles. The van der Waals surface area contributed by atoms with Gasteiger partial charge in [-0.1, -0.05) is 0 Å². The van der Waals surface area contributed by atoms with Crippen LogP contribution in [0.2, 0.25) is 0 Å². The summed E-state index contributed by atoms with van der Waals surface area (Å²) in [4.78, 5) is 4.54. The van der Waals surface area contributed by atoms with Crippen LogP contribution < -0.4 is 15.2 Å². The highest BCUT2D eigenvalue weighted by Gasteiger charge is 2.29. The Bertz CT molecular complexity index is 401. The molecule has 2 rings (SSSR count). The van der Waals surface area contributed by atoms with E-state index in [4.69, 9.17) is 15.2 Å². The Kier molecular flexibility index (Phi) is 3.52. The molecule has 94 valence electrons. The molecule has 1 aliphatic carbocycles. The van der Waals surface area contributed by atoms with Crippen LogP contribution in [0.25, 0.3) is 0 Å². The molecule has 0 aromatic carbocycles. The van der Waals surface area contributed by atoms with Crippen molar-refractivity contribution in [3.8, 4) is 11.6 Å². The smallest absolute Gasteiger partial charge is 0.217 e. The molecule has 1 saturated carbocycles. The zero-order valence-corrected chi connectivity index (χ0v) is 10.7. The molecular formula is C13H20N2O2. The molecule has 1 aromatic heterocycles. The number of nitrogens with two attached hydrogens (primary N) is 1. The lowest BCUT2D eigenvalue weighted by molar-refractivity contribution is 0.376. The van der Waals surface area contributed by atoms with Crippen molar-refractivity contribution >= 4 is 0 Å². The molecule has 0 radical (unpaired) electrons. The Morgan fingerprint density at radius 1 is 1.41 bits per heavy atom. The van der Waals surface area contributed by atoms with Crippen molar-refractivity contribution in [2.24, 2.45) is 5.73 Å². The summed E-state index contributed by atoms with van der Waals surface area (Å²) >= 11 is 0. The minimum Gasteiger partial charge on any atom is -0.495 e. The van der Waals surface area contributed by atoms with Gasteiger partial charge in [0.1, 0.15) is 5.75 Å². The second-order valence-electron chi connectivity index (χ2n) is 4.69. The van der Waals surface area contributed by atoms with E-state index in [0.29, 0.717) is 12.3 Å². The Labute approximate surface area is 102 Å². The van der Waals surface area contributed by atoms with E-state index in [9.17, 15) is 0 Å². The van der Waals surface area contributed by atoms with Crippen LogP contribution in [0, 0.1) is 0 Å². The van der Waals surface area contributed by atoms with Crippen LogP contribution in [0.4, 0.5) is 0 Å². The molecule has 2 N–H and O–H groups in total. The maximum absolute atomic E-state index is 5.81. The first kappa shape index (κ1) is 12.2. The van der Waals surface area contributed by atoms with Crippen LogP contribution in [0.15, 0.2) is 6.07 Å². The first-order valence-electron chi connectivity index (χ1n) is 6.03. The lowest BCUT2D eigenvalue weighted by atomic mass is 10.1. The number of nitrogens with zero attached hydrogens (tertiary/aromatic N) is 1. The fraction of sp³-hybridized carbons (Fsp3) is 0.615. The molecular weight excluding hydrogens is 216 g/mol. The molecule has 0 saturated heterocycles. The van der Waals surface area contributed by atoms with Crippen molar-refractivity contribution in [2.75, 3.05) is 14.2 Å². The molecule has 1 aromatic rings. The molecule has 4 nitrogen and oxygen atoms in total. The van der Waals surface area contributed by atoms with E-state index >= 15 is 0 Å². The van der Waals surface area contributed by atoms with Crippen molar-refractivity contribution in [1.29, 1.82) is 0 Å². The van der Waals surface area contributed by atoms with Gasteiger partial charge in [0.15, 0.2) is 0 Å². The number of ether oxygens (including phenoxy) is 2. The van der Waals surface area contributed by atoms with E-state index in [0.717, 1.165) is 22.9 Å². The first-order chi connectivity index (χ1) is 8.15. The number of hydrogen-bond acceptors (Lipinski definition) is 4. The minimum atomic E-state index is 0.0629. The highest BCUT2D eigenvalue weighted by Crippen LogP contribution is 2.45. The van der Waals surface area contributed by atoms with Crippen molar-refractivity contribution in [3.05, 3.63) is 17.3 Å². The van der Waals surface area contributed by atoms with Gasteiger partial charge in [-0.15, -0.1) is 0 Å². The molecule has 1 unspecified atom stereocenters. The lowest BCUT2D eigenvalue weighted by Crippen LogP contribution is -2.19. The predicted octanol–water partition coefficient (Wildman–Crippen LogP) is 1.87. The molecule has 1 atom stereocenters. The zero-order chi connectivity index (χ0) is 12.4. The van der Waals surface area contributed by atoms with Crippen LogP contribution in [-0.2, 0) is 6.42 Å². The SMILES string of the molecule is COc1cc(C2CC2)c(OC)nc1CC(C)N. The van der Waals surface area contributed by atoms with E-state index in [1.165, 1.54) is 12.8 Å².